The van der Waals surface area contributed by atoms with Gasteiger partial charge in [-0.05, 0) is 37.6 Å². The SMILES string of the molecule is CCn1c(-c2cc3cc(C)ccc3oc2=O)cs/c1=N/N=Cc1ccccc1. The van der Waals surface area contributed by atoms with Gasteiger partial charge in [-0.25, -0.2) is 4.79 Å². The van der Waals surface area contributed by atoms with Gasteiger partial charge in [0.1, 0.15) is 5.58 Å². The lowest BCUT2D eigenvalue weighted by Crippen LogP contribution is -2.16. The summed E-state index contributed by atoms with van der Waals surface area (Å²) in [4.78, 5) is 13.3. The molecule has 0 unspecified atom stereocenters. The second kappa shape index (κ2) is 7.78. The standard InChI is InChI=1S/C22H19N3O2S/c1-3-25-19(14-28-22(25)24-23-13-16-7-5-4-6-8-16)18-12-17-11-15(2)9-10-20(17)27-21(18)26/h4-14H,3H2,1-2H3/b23-13?,24-22+. The van der Waals surface area contributed by atoms with Crippen molar-refractivity contribution in [3.05, 3.63) is 86.3 Å². The van der Waals surface area contributed by atoms with Crippen molar-refractivity contribution in [1.82, 2.24) is 4.57 Å². The Morgan fingerprint density at radius 1 is 1.14 bits per heavy atom. The van der Waals surface area contributed by atoms with Crippen LogP contribution < -0.4 is 10.4 Å². The summed E-state index contributed by atoms with van der Waals surface area (Å²) in [5, 5.41) is 11.4. The predicted octanol–water partition coefficient (Wildman–Crippen LogP) is 4.59. The van der Waals surface area contributed by atoms with Crippen molar-refractivity contribution in [1.29, 1.82) is 0 Å². The zero-order chi connectivity index (χ0) is 19.5. The molecule has 4 aromatic rings. The van der Waals surface area contributed by atoms with Gasteiger partial charge in [0.2, 0.25) is 4.80 Å². The van der Waals surface area contributed by atoms with Gasteiger partial charge in [-0.1, -0.05) is 42.0 Å². The number of nitrogens with zero attached hydrogens (tertiary/aromatic N) is 3. The monoisotopic (exact) mass is 389 g/mol. The highest BCUT2D eigenvalue weighted by Crippen LogP contribution is 2.22. The molecule has 0 saturated heterocycles. The van der Waals surface area contributed by atoms with Crippen molar-refractivity contribution in [3.63, 3.8) is 0 Å². The molecule has 2 heterocycles. The van der Waals surface area contributed by atoms with Crippen molar-refractivity contribution in [3.8, 4) is 11.3 Å². The molecule has 2 aromatic heterocycles. The summed E-state index contributed by atoms with van der Waals surface area (Å²) in [6.45, 7) is 4.70. The quantitative estimate of drug-likeness (QED) is 0.291. The van der Waals surface area contributed by atoms with E-state index in [-0.39, 0.29) is 5.63 Å². The van der Waals surface area contributed by atoms with Gasteiger partial charge in [0, 0.05) is 17.3 Å². The first-order valence-electron chi connectivity index (χ1n) is 9.01. The average Bonchev–Trinajstić information content (AvgIpc) is 3.11. The number of hydrogen-bond donors (Lipinski definition) is 0. The van der Waals surface area contributed by atoms with E-state index >= 15 is 0 Å². The molecule has 0 aliphatic rings. The first-order valence-corrected chi connectivity index (χ1v) is 9.89. The molecule has 0 radical (unpaired) electrons. The van der Waals surface area contributed by atoms with Crippen LogP contribution in [0.3, 0.4) is 0 Å². The fourth-order valence-electron chi connectivity index (χ4n) is 3.04. The normalized spacial score (nSPS) is 12.3. The summed E-state index contributed by atoms with van der Waals surface area (Å²) in [7, 11) is 0. The van der Waals surface area contributed by atoms with Crippen LogP contribution in [0.25, 0.3) is 22.2 Å². The zero-order valence-corrected chi connectivity index (χ0v) is 16.4. The van der Waals surface area contributed by atoms with Crippen LogP contribution in [0.15, 0.2) is 79.4 Å². The van der Waals surface area contributed by atoms with Crippen LogP contribution in [-0.4, -0.2) is 10.8 Å². The van der Waals surface area contributed by atoms with Gasteiger partial charge in [0.15, 0.2) is 0 Å². The Balaban J connectivity index is 1.78. The molecule has 0 N–H and O–H groups in total. The van der Waals surface area contributed by atoms with Crippen LogP contribution in [0, 0.1) is 6.92 Å². The molecule has 28 heavy (non-hydrogen) atoms. The second-order valence-electron chi connectivity index (χ2n) is 6.39. The van der Waals surface area contributed by atoms with E-state index in [2.05, 4.69) is 10.2 Å². The van der Waals surface area contributed by atoms with Crippen LogP contribution in [-0.2, 0) is 6.54 Å². The maximum Gasteiger partial charge on any atom is 0.345 e. The van der Waals surface area contributed by atoms with E-state index in [0.29, 0.717) is 17.7 Å². The molecule has 0 fully saturated rings. The predicted molar refractivity (Wildman–Crippen MR) is 114 cm³/mol. The third kappa shape index (κ3) is 3.59. The Bertz CT molecular complexity index is 1280. The first kappa shape index (κ1) is 18.1. The number of benzene rings is 2. The van der Waals surface area contributed by atoms with Gasteiger partial charge in [-0.2, -0.15) is 5.10 Å². The minimum Gasteiger partial charge on any atom is -0.422 e. The van der Waals surface area contributed by atoms with Crippen molar-refractivity contribution < 1.29 is 4.42 Å². The Morgan fingerprint density at radius 2 is 1.96 bits per heavy atom. The van der Waals surface area contributed by atoms with Gasteiger partial charge < -0.3 is 8.98 Å². The molecule has 0 amide bonds. The molecule has 0 aliphatic carbocycles. The van der Waals surface area contributed by atoms with E-state index in [1.165, 1.54) is 11.3 Å². The summed E-state index contributed by atoms with van der Waals surface area (Å²) in [5.74, 6) is 0. The lowest BCUT2D eigenvalue weighted by atomic mass is 10.1. The summed E-state index contributed by atoms with van der Waals surface area (Å²) < 4.78 is 7.50. The summed E-state index contributed by atoms with van der Waals surface area (Å²) >= 11 is 1.45. The molecule has 0 atom stereocenters. The molecule has 0 spiro atoms. The maximum absolute atomic E-state index is 12.6. The molecule has 6 heteroatoms. The highest BCUT2D eigenvalue weighted by molar-refractivity contribution is 7.07. The first-order chi connectivity index (χ1) is 13.7. The van der Waals surface area contributed by atoms with Crippen LogP contribution in [0.2, 0.25) is 0 Å². The van der Waals surface area contributed by atoms with E-state index in [1.54, 1.807) is 6.21 Å². The molecule has 5 nitrogen and oxygen atoms in total. The Kier molecular flexibility index (Phi) is 5.04. The fourth-order valence-corrected chi connectivity index (χ4v) is 3.96. The maximum atomic E-state index is 12.6. The summed E-state index contributed by atoms with van der Waals surface area (Å²) in [6.07, 6.45) is 1.71. The van der Waals surface area contributed by atoms with Gasteiger partial charge in [-0.15, -0.1) is 16.4 Å². The van der Waals surface area contributed by atoms with Crippen LogP contribution in [0.4, 0.5) is 0 Å². The van der Waals surface area contributed by atoms with Gasteiger partial charge in [-0.3, -0.25) is 0 Å². The third-order valence-electron chi connectivity index (χ3n) is 4.43. The van der Waals surface area contributed by atoms with E-state index in [0.717, 1.165) is 27.0 Å². The largest absolute Gasteiger partial charge is 0.422 e. The highest BCUT2D eigenvalue weighted by Gasteiger charge is 2.13. The van der Waals surface area contributed by atoms with E-state index in [9.17, 15) is 4.79 Å². The average molecular weight is 389 g/mol. The number of fused-ring (bicyclic) bond motifs is 1. The van der Waals surface area contributed by atoms with E-state index in [4.69, 9.17) is 4.42 Å². The van der Waals surface area contributed by atoms with Crippen molar-refractivity contribution in [2.24, 2.45) is 10.2 Å². The van der Waals surface area contributed by atoms with Gasteiger partial charge in [0.05, 0.1) is 17.5 Å². The molecule has 140 valence electrons. The van der Waals surface area contributed by atoms with Crippen LogP contribution in [0.5, 0.6) is 0 Å². The number of aryl methyl sites for hydroxylation is 1. The van der Waals surface area contributed by atoms with Gasteiger partial charge >= 0.3 is 5.63 Å². The van der Waals surface area contributed by atoms with Crippen molar-refractivity contribution in [2.75, 3.05) is 0 Å². The molecular weight excluding hydrogens is 370 g/mol. The lowest BCUT2D eigenvalue weighted by molar-refractivity contribution is 0.562. The topological polar surface area (TPSA) is 59.9 Å². The molecule has 0 aliphatic heterocycles. The Hall–Kier alpha value is -3.25. The van der Waals surface area contributed by atoms with Crippen molar-refractivity contribution in [2.45, 2.75) is 20.4 Å². The number of rotatable bonds is 4. The van der Waals surface area contributed by atoms with Crippen LogP contribution in [0.1, 0.15) is 18.1 Å². The number of hydrogen-bond acceptors (Lipinski definition) is 5. The van der Waals surface area contributed by atoms with E-state index < -0.39 is 0 Å². The minimum atomic E-state index is -0.351. The minimum absolute atomic E-state index is 0.351. The Labute approximate surface area is 165 Å². The van der Waals surface area contributed by atoms with Crippen molar-refractivity contribution >= 4 is 28.5 Å². The smallest absolute Gasteiger partial charge is 0.345 e. The highest BCUT2D eigenvalue weighted by atomic mass is 32.1. The third-order valence-corrected chi connectivity index (χ3v) is 5.28. The molecular formula is C22H19N3O2S. The van der Waals surface area contributed by atoms with Gasteiger partial charge in [0.25, 0.3) is 0 Å². The molecule has 4 rings (SSSR count). The Morgan fingerprint density at radius 3 is 2.75 bits per heavy atom. The van der Waals surface area contributed by atoms with Crippen LogP contribution >= 0.6 is 11.3 Å². The van der Waals surface area contributed by atoms with E-state index in [1.807, 2.05) is 78.4 Å². The zero-order valence-electron chi connectivity index (χ0n) is 15.6. The lowest BCUT2D eigenvalue weighted by Gasteiger charge is -2.06. The molecule has 2 aromatic carbocycles. The summed E-state index contributed by atoms with van der Waals surface area (Å²) in [5.41, 5.74) is 3.66. The molecule has 0 saturated carbocycles. The second-order valence-corrected chi connectivity index (χ2v) is 7.23. The number of aromatic nitrogens is 1. The summed E-state index contributed by atoms with van der Waals surface area (Å²) in [6, 6.07) is 17.5. The number of thiazole rings is 1. The molecule has 0 bridgehead atoms. The fraction of sp³-hybridized carbons (Fsp3) is 0.136.